The highest BCUT2D eigenvalue weighted by Crippen LogP contribution is 2.27. The first-order chi connectivity index (χ1) is 11.4. The van der Waals surface area contributed by atoms with Gasteiger partial charge < -0.3 is 0 Å². The molecule has 0 radical (unpaired) electrons. The van der Waals surface area contributed by atoms with E-state index < -0.39 is 0 Å². The average molecular weight is 315 g/mol. The number of aromatic nitrogens is 1. The van der Waals surface area contributed by atoms with Crippen LogP contribution in [0, 0.1) is 0 Å². The van der Waals surface area contributed by atoms with Crippen LogP contribution in [0.5, 0.6) is 0 Å². The molecule has 0 fully saturated rings. The number of hydrogen-bond acceptors (Lipinski definition) is 4. The number of fused-ring (bicyclic) bond motifs is 1. The van der Waals surface area contributed by atoms with Crippen LogP contribution in [0.25, 0.3) is 21.3 Å². The van der Waals surface area contributed by atoms with Crippen molar-refractivity contribution in [2.75, 3.05) is 0 Å². The Labute approximate surface area is 138 Å². The summed E-state index contributed by atoms with van der Waals surface area (Å²) in [6, 6.07) is 24.2. The summed E-state index contributed by atoms with van der Waals surface area (Å²) in [6.45, 7) is 0. The summed E-state index contributed by atoms with van der Waals surface area (Å²) in [6.07, 6.45) is 0. The molecular weight excluding hydrogens is 302 g/mol. The van der Waals surface area contributed by atoms with Crippen LogP contribution in [-0.4, -0.2) is 4.98 Å². The van der Waals surface area contributed by atoms with Gasteiger partial charge in [0.15, 0.2) is 0 Å². The third-order valence-corrected chi connectivity index (χ3v) is 4.38. The molecular formula is C19H13N3S. The number of nitrogens with zero attached hydrogens (tertiary/aromatic N) is 3. The van der Waals surface area contributed by atoms with Crippen LogP contribution in [0.2, 0.25) is 0 Å². The Kier molecular flexibility index (Phi) is 3.66. The quantitative estimate of drug-likeness (QED) is 0.404. The molecule has 0 N–H and O–H groups in total. The van der Waals surface area contributed by atoms with E-state index in [1.54, 1.807) is 11.3 Å². The molecule has 110 valence electrons. The van der Waals surface area contributed by atoms with E-state index in [1.807, 2.05) is 48.0 Å². The zero-order chi connectivity index (χ0) is 15.5. The molecule has 1 aromatic heterocycles. The fourth-order valence-electron chi connectivity index (χ4n) is 2.37. The summed E-state index contributed by atoms with van der Waals surface area (Å²) < 4.78 is 1.21. The number of rotatable bonds is 3. The molecule has 23 heavy (non-hydrogen) atoms. The molecule has 0 atom stereocenters. The van der Waals surface area contributed by atoms with Gasteiger partial charge >= 0.3 is 0 Å². The van der Waals surface area contributed by atoms with Crippen molar-refractivity contribution in [3.63, 3.8) is 0 Å². The van der Waals surface area contributed by atoms with Crippen LogP contribution in [-0.2, 0) is 0 Å². The average Bonchev–Trinajstić information content (AvgIpc) is 3.09. The second-order valence-corrected chi connectivity index (χ2v) is 6.00. The van der Waals surface area contributed by atoms with Gasteiger partial charge in [0.1, 0.15) is 0 Å². The fourth-order valence-corrected chi connectivity index (χ4v) is 3.03. The molecule has 1 heterocycles. The topological polar surface area (TPSA) is 37.6 Å². The smallest absolute Gasteiger partial charge is 0.0857 e. The minimum Gasteiger partial charge on any atom is -0.245 e. The lowest BCUT2D eigenvalue weighted by Crippen LogP contribution is -1.77. The maximum absolute atomic E-state index is 4.37. The van der Waals surface area contributed by atoms with Gasteiger partial charge in [-0.2, -0.15) is 10.2 Å². The van der Waals surface area contributed by atoms with Gasteiger partial charge in [-0.3, -0.25) is 0 Å². The second kappa shape index (κ2) is 6.10. The second-order valence-electron chi connectivity index (χ2n) is 5.12. The van der Waals surface area contributed by atoms with Crippen LogP contribution < -0.4 is 0 Å². The lowest BCUT2D eigenvalue weighted by atomic mass is 10.1. The third-order valence-electron chi connectivity index (χ3n) is 3.57. The number of azo groups is 1. The van der Waals surface area contributed by atoms with Crippen molar-refractivity contribution in [1.82, 2.24) is 4.98 Å². The van der Waals surface area contributed by atoms with E-state index in [0.29, 0.717) is 0 Å². The van der Waals surface area contributed by atoms with E-state index in [1.165, 1.54) is 4.70 Å². The minimum absolute atomic E-state index is 0.840. The van der Waals surface area contributed by atoms with E-state index in [9.17, 15) is 0 Å². The van der Waals surface area contributed by atoms with Crippen LogP contribution in [0.15, 0.2) is 88.5 Å². The summed E-state index contributed by atoms with van der Waals surface area (Å²) in [5.41, 5.74) is 6.92. The van der Waals surface area contributed by atoms with Crippen LogP contribution in [0.4, 0.5) is 11.4 Å². The van der Waals surface area contributed by atoms with Crippen molar-refractivity contribution >= 4 is 32.9 Å². The Hall–Kier alpha value is -2.85. The molecule has 0 bridgehead atoms. The van der Waals surface area contributed by atoms with Crippen molar-refractivity contribution in [1.29, 1.82) is 0 Å². The Bertz CT molecular complexity index is 957. The highest BCUT2D eigenvalue weighted by molar-refractivity contribution is 7.16. The van der Waals surface area contributed by atoms with E-state index in [2.05, 4.69) is 45.5 Å². The third kappa shape index (κ3) is 3.03. The predicted octanol–water partition coefficient (Wildman–Crippen LogP) is 6.38. The van der Waals surface area contributed by atoms with Gasteiger partial charge in [-0.05, 0) is 47.5 Å². The highest BCUT2D eigenvalue weighted by atomic mass is 32.1. The number of thiazole rings is 1. The SMILES string of the molecule is c1ccc(N=Nc2ccc(-c3ccc4scnc4c3)cc2)cc1. The lowest BCUT2D eigenvalue weighted by molar-refractivity contribution is 1.23. The molecule has 0 saturated heterocycles. The molecule has 0 amide bonds. The van der Waals surface area contributed by atoms with Gasteiger partial charge in [-0.25, -0.2) is 4.98 Å². The lowest BCUT2D eigenvalue weighted by Gasteiger charge is -2.02. The Morgan fingerprint density at radius 3 is 2.17 bits per heavy atom. The Morgan fingerprint density at radius 2 is 1.39 bits per heavy atom. The van der Waals surface area contributed by atoms with Gasteiger partial charge in [0.25, 0.3) is 0 Å². The van der Waals surface area contributed by atoms with Crippen molar-refractivity contribution in [3.8, 4) is 11.1 Å². The molecule has 0 unspecified atom stereocenters. The molecule has 4 rings (SSSR count). The van der Waals surface area contributed by atoms with E-state index in [0.717, 1.165) is 28.0 Å². The summed E-state index contributed by atoms with van der Waals surface area (Å²) in [5.74, 6) is 0. The number of benzene rings is 3. The molecule has 3 nitrogen and oxygen atoms in total. The maximum Gasteiger partial charge on any atom is 0.0857 e. The Balaban J connectivity index is 1.59. The first-order valence-electron chi connectivity index (χ1n) is 7.29. The minimum atomic E-state index is 0.840. The molecule has 4 aromatic rings. The summed E-state index contributed by atoms with van der Waals surface area (Å²) in [5, 5.41) is 8.50. The predicted molar refractivity (Wildman–Crippen MR) is 95.7 cm³/mol. The zero-order valence-electron chi connectivity index (χ0n) is 12.3. The van der Waals surface area contributed by atoms with Gasteiger partial charge in [0, 0.05) is 0 Å². The van der Waals surface area contributed by atoms with Crippen LogP contribution >= 0.6 is 11.3 Å². The standard InChI is InChI=1S/C19H13N3S/c1-2-4-16(5-3-1)21-22-17-9-6-14(7-10-17)15-8-11-19-18(12-15)20-13-23-19/h1-13H. The molecule has 3 aromatic carbocycles. The summed E-state index contributed by atoms with van der Waals surface area (Å²) in [4.78, 5) is 4.37. The van der Waals surface area contributed by atoms with Gasteiger partial charge in [-0.1, -0.05) is 36.4 Å². The van der Waals surface area contributed by atoms with Gasteiger partial charge in [-0.15, -0.1) is 11.3 Å². The van der Waals surface area contributed by atoms with Crippen molar-refractivity contribution in [2.45, 2.75) is 0 Å². The van der Waals surface area contributed by atoms with Crippen molar-refractivity contribution in [2.24, 2.45) is 10.2 Å². The van der Waals surface area contributed by atoms with Crippen molar-refractivity contribution in [3.05, 3.63) is 78.3 Å². The zero-order valence-corrected chi connectivity index (χ0v) is 13.1. The molecule has 0 saturated carbocycles. The summed E-state index contributed by atoms with van der Waals surface area (Å²) >= 11 is 1.66. The molecule has 0 aliphatic heterocycles. The van der Waals surface area contributed by atoms with E-state index in [4.69, 9.17) is 0 Å². The summed E-state index contributed by atoms with van der Waals surface area (Å²) in [7, 11) is 0. The maximum atomic E-state index is 4.37. The normalized spacial score (nSPS) is 11.3. The van der Waals surface area contributed by atoms with Gasteiger partial charge in [0.05, 0.1) is 27.1 Å². The Morgan fingerprint density at radius 1 is 0.696 bits per heavy atom. The number of hydrogen-bond donors (Lipinski definition) is 0. The fraction of sp³-hybridized carbons (Fsp3) is 0. The van der Waals surface area contributed by atoms with Crippen LogP contribution in [0.1, 0.15) is 0 Å². The van der Waals surface area contributed by atoms with E-state index in [-0.39, 0.29) is 0 Å². The molecule has 4 heteroatoms. The highest BCUT2D eigenvalue weighted by Gasteiger charge is 2.02. The van der Waals surface area contributed by atoms with Crippen LogP contribution in [0.3, 0.4) is 0 Å². The molecule has 0 aliphatic carbocycles. The van der Waals surface area contributed by atoms with E-state index >= 15 is 0 Å². The van der Waals surface area contributed by atoms with Gasteiger partial charge in [0.2, 0.25) is 0 Å². The largest absolute Gasteiger partial charge is 0.245 e. The first-order valence-corrected chi connectivity index (χ1v) is 8.17. The first kappa shape index (κ1) is 13.8. The molecule has 0 aliphatic rings. The molecule has 0 spiro atoms. The monoisotopic (exact) mass is 315 g/mol. The van der Waals surface area contributed by atoms with Crippen molar-refractivity contribution < 1.29 is 0 Å².